The van der Waals surface area contributed by atoms with Gasteiger partial charge >= 0.3 is 0 Å². The first kappa shape index (κ1) is 16.9. The van der Waals surface area contributed by atoms with E-state index >= 15 is 0 Å². The molecule has 6 nitrogen and oxygen atoms in total. The monoisotopic (exact) mass is 344 g/mol. The molecule has 1 N–H and O–H groups in total. The molecule has 0 bridgehead atoms. The summed E-state index contributed by atoms with van der Waals surface area (Å²) in [5.41, 5.74) is 0.558. The number of guanidine groups is 1. The smallest absolute Gasteiger partial charge is 0.194 e. The number of aryl methyl sites for hydroxylation is 1. The first-order valence-corrected chi connectivity index (χ1v) is 10.2. The highest BCUT2D eigenvalue weighted by Crippen LogP contribution is 2.43. The van der Waals surface area contributed by atoms with E-state index in [9.17, 15) is 0 Å². The lowest BCUT2D eigenvalue weighted by Crippen LogP contribution is -2.41. The van der Waals surface area contributed by atoms with Crippen molar-refractivity contribution in [2.45, 2.75) is 77.8 Å². The van der Waals surface area contributed by atoms with Crippen LogP contribution in [0.25, 0.3) is 0 Å². The van der Waals surface area contributed by atoms with Crippen molar-refractivity contribution in [2.75, 3.05) is 19.6 Å². The summed E-state index contributed by atoms with van der Waals surface area (Å²) in [5, 5.41) is 12.3. The highest BCUT2D eigenvalue weighted by Gasteiger charge is 2.39. The first-order valence-electron chi connectivity index (χ1n) is 10.2. The fourth-order valence-electron chi connectivity index (χ4n) is 4.88. The third-order valence-corrected chi connectivity index (χ3v) is 6.29. The zero-order valence-corrected chi connectivity index (χ0v) is 15.6. The maximum absolute atomic E-state index is 4.93. The summed E-state index contributed by atoms with van der Waals surface area (Å²) >= 11 is 0. The van der Waals surface area contributed by atoms with Crippen molar-refractivity contribution < 1.29 is 0 Å². The third-order valence-electron chi connectivity index (χ3n) is 6.29. The van der Waals surface area contributed by atoms with Gasteiger partial charge in [0.2, 0.25) is 0 Å². The van der Waals surface area contributed by atoms with E-state index < -0.39 is 0 Å². The SMILES string of the molecule is CCNC(=NCc1nnc2n1CCCC2)N1CCC2(CCCCC2)C1. The van der Waals surface area contributed by atoms with Crippen LogP contribution in [0.15, 0.2) is 4.99 Å². The lowest BCUT2D eigenvalue weighted by atomic mass is 9.73. The molecule has 1 saturated heterocycles. The molecule has 1 spiro atoms. The number of aliphatic imine (C=N–C) groups is 1. The van der Waals surface area contributed by atoms with Gasteiger partial charge in [-0.15, -0.1) is 10.2 Å². The molecule has 0 amide bonds. The van der Waals surface area contributed by atoms with E-state index in [4.69, 9.17) is 4.99 Å². The highest BCUT2D eigenvalue weighted by molar-refractivity contribution is 5.80. The van der Waals surface area contributed by atoms with Gasteiger partial charge in [0.05, 0.1) is 0 Å². The normalized spacial score (nSPS) is 23.1. The highest BCUT2D eigenvalue weighted by atomic mass is 15.3. The van der Waals surface area contributed by atoms with Gasteiger partial charge in [0, 0.05) is 32.6 Å². The predicted octanol–water partition coefficient (Wildman–Crippen LogP) is 2.74. The summed E-state index contributed by atoms with van der Waals surface area (Å²) in [6.07, 6.45) is 11.9. The standard InChI is InChI=1S/C19H32N6/c1-2-20-18(24-13-11-19(15-24)9-5-3-6-10-19)21-14-17-23-22-16-8-4-7-12-25(16)17/h2-15H2,1H3,(H,20,21). The van der Waals surface area contributed by atoms with E-state index in [1.165, 1.54) is 57.9 Å². The molecule has 0 aromatic carbocycles. The van der Waals surface area contributed by atoms with Crippen LogP contribution < -0.4 is 5.32 Å². The molecule has 1 aromatic heterocycles. The Bertz CT molecular complexity index is 613. The Labute approximate surface area is 151 Å². The summed E-state index contributed by atoms with van der Waals surface area (Å²) in [6, 6.07) is 0. The third kappa shape index (κ3) is 3.53. The molecule has 2 fully saturated rings. The molecule has 138 valence electrons. The second-order valence-corrected chi connectivity index (χ2v) is 8.04. The van der Waals surface area contributed by atoms with Crippen molar-refractivity contribution in [1.29, 1.82) is 0 Å². The fraction of sp³-hybridized carbons (Fsp3) is 0.842. The van der Waals surface area contributed by atoms with Gasteiger partial charge in [-0.25, -0.2) is 4.99 Å². The quantitative estimate of drug-likeness (QED) is 0.677. The minimum absolute atomic E-state index is 0.558. The molecule has 0 radical (unpaired) electrons. The average Bonchev–Trinajstić information content (AvgIpc) is 3.24. The molecule has 1 aromatic rings. The molecule has 6 heteroatoms. The lowest BCUT2D eigenvalue weighted by molar-refractivity contribution is 0.203. The van der Waals surface area contributed by atoms with E-state index in [-0.39, 0.29) is 0 Å². The Morgan fingerprint density at radius 3 is 2.80 bits per heavy atom. The van der Waals surface area contributed by atoms with Crippen LogP contribution in [-0.2, 0) is 19.5 Å². The number of fused-ring (bicyclic) bond motifs is 1. The molecule has 0 unspecified atom stereocenters. The van der Waals surface area contributed by atoms with Crippen molar-refractivity contribution in [1.82, 2.24) is 25.0 Å². The number of aromatic nitrogens is 3. The molecule has 25 heavy (non-hydrogen) atoms. The van der Waals surface area contributed by atoms with Gasteiger partial charge in [-0.2, -0.15) is 0 Å². The Morgan fingerprint density at radius 2 is 1.96 bits per heavy atom. The summed E-state index contributed by atoms with van der Waals surface area (Å²) < 4.78 is 2.28. The second kappa shape index (κ2) is 7.34. The predicted molar refractivity (Wildman–Crippen MR) is 99.5 cm³/mol. The molecule has 2 aliphatic heterocycles. The number of hydrogen-bond donors (Lipinski definition) is 1. The molecular weight excluding hydrogens is 312 g/mol. The van der Waals surface area contributed by atoms with Crippen LogP contribution in [-0.4, -0.2) is 45.3 Å². The van der Waals surface area contributed by atoms with Gasteiger partial charge < -0.3 is 14.8 Å². The lowest BCUT2D eigenvalue weighted by Gasteiger charge is -2.33. The largest absolute Gasteiger partial charge is 0.357 e. The van der Waals surface area contributed by atoms with Crippen molar-refractivity contribution in [2.24, 2.45) is 10.4 Å². The van der Waals surface area contributed by atoms with Gasteiger partial charge in [-0.1, -0.05) is 19.3 Å². The van der Waals surface area contributed by atoms with E-state index in [1.807, 2.05) is 0 Å². The molecular formula is C19H32N6. The van der Waals surface area contributed by atoms with Gasteiger partial charge in [-0.05, 0) is 44.4 Å². The molecule has 1 saturated carbocycles. The van der Waals surface area contributed by atoms with Crippen LogP contribution in [0.5, 0.6) is 0 Å². The summed E-state index contributed by atoms with van der Waals surface area (Å²) in [6.45, 7) is 7.08. The summed E-state index contributed by atoms with van der Waals surface area (Å²) in [4.78, 5) is 7.42. The van der Waals surface area contributed by atoms with Crippen LogP contribution in [0.1, 0.15) is 69.9 Å². The van der Waals surface area contributed by atoms with Crippen molar-refractivity contribution in [3.63, 3.8) is 0 Å². The number of nitrogens with zero attached hydrogens (tertiary/aromatic N) is 5. The van der Waals surface area contributed by atoms with E-state index in [2.05, 4.69) is 31.9 Å². The Balaban J connectivity index is 1.46. The summed E-state index contributed by atoms with van der Waals surface area (Å²) in [7, 11) is 0. The number of rotatable bonds is 3. The maximum atomic E-state index is 4.93. The number of hydrogen-bond acceptors (Lipinski definition) is 3. The van der Waals surface area contributed by atoms with Gasteiger partial charge in [0.1, 0.15) is 12.4 Å². The zero-order chi connectivity index (χ0) is 17.1. The second-order valence-electron chi connectivity index (χ2n) is 8.04. The van der Waals surface area contributed by atoms with Gasteiger partial charge in [0.15, 0.2) is 11.8 Å². The average molecular weight is 345 g/mol. The summed E-state index contributed by atoms with van der Waals surface area (Å²) in [5.74, 6) is 3.23. The minimum Gasteiger partial charge on any atom is -0.357 e. The van der Waals surface area contributed by atoms with E-state index in [0.717, 1.165) is 43.7 Å². The van der Waals surface area contributed by atoms with Crippen LogP contribution in [0.2, 0.25) is 0 Å². The van der Waals surface area contributed by atoms with E-state index in [0.29, 0.717) is 12.0 Å². The van der Waals surface area contributed by atoms with Gasteiger partial charge in [0.25, 0.3) is 0 Å². The van der Waals surface area contributed by atoms with Crippen molar-refractivity contribution in [3.8, 4) is 0 Å². The first-order chi connectivity index (χ1) is 12.3. The Hall–Kier alpha value is -1.59. The Morgan fingerprint density at radius 1 is 1.08 bits per heavy atom. The fourth-order valence-corrected chi connectivity index (χ4v) is 4.88. The van der Waals surface area contributed by atoms with Crippen LogP contribution in [0.4, 0.5) is 0 Å². The number of likely N-dealkylation sites (tertiary alicyclic amines) is 1. The zero-order valence-electron chi connectivity index (χ0n) is 15.6. The minimum atomic E-state index is 0.558. The van der Waals surface area contributed by atoms with Crippen molar-refractivity contribution in [3.05, 3.63) is 11.6 Å². The Kier molecular flexibility index (Phi) is 4.95. The number of nitrogens with one attached hydrogen (secondary N) is 1. The van der Waals surface area contributed by atoms with Crippen molar-refractivity contribution >= 4 is 5.96 Å². The molecule has 0 atom stereocenters. The molecule has 4 rings (SSSR count). The van der Waals surface area contributed by atoms with Crippen LogP contribution in [0.3, 0.4) is 0 Å². The van der Waals surface area contributed by atoms with Gasteiger partial charge in [-0.3, -0.25) is 0 Å². The topological polar surface area (TPSA) is 58.3 Å². The maximum Gasteiger partial charge on any atom is 0.194 e. The molecule has 3 heterocycles. The molecule has 3 aliphatic rings. The van der Waals surface area contributed by atoms with Crippen LogP contribution >= 0.6 is 0 Å². The van der Waals surface area contributed by atoms with Crippen LogP contribution in [0, 0.1) is 5.41 Å². The van der Waals surface area contributed by atoms with E-state index in [1.54, 1.807) is 0 Å². The molecule has 1 aliphatic carbocycles.